The molecule has 0 fully saturated rings. The van der Waals surface area contributed by atoms with Crippen molar-refractivity contribution in [3.63, 3.8) is 0 Å². The molecule has 0 N–H and O–H groups in total. The minimum absolute atomic E-state index is 0.0117. The van der Waals surface area contributed by atoms with Gasteiger partial charge in [-0.2, -0.15) is 14.9 Å². The SMILES string of the molecule is COC(=O)c1c(-c2ccc(Oc3cnn(-c4ccc(C)cc4)c(=O)c3Cl)c(OC)c2)nn(-c2ccccc2)c1C(=O)OC. The highest BCUT2D eigenvalue weighted by Crippen LogP contribution is 2.38. The maximum absolute atomic E-state index is 13.0. The fraction of sp³-hybridized carbons (Fsp3) is 0.129. The summed E-state index contributed by atoms with van der Waals surface area (Å²) in [6, 6.07) is 20.8. The molecule has 0 atom stereocenters. The third-order valence-electron chi connectivity index (χ3n) is 6.48. The van der Waals surface area contributed by atoms with Gasteiger partial charge in [0.1, 0.15) is 11.3 Å². The van der Waals surface area contributed by atoms with Gasteiger partial charge in [-0.15, -0.1) is 0 Å². The molecule has 218 valence electrons. The van der Waals surface area contributed by atoms with E-state index < -0.39 is 17.5 Å². The minimum atomic E-state index is -0.788. The van der Waals surface area contributed by atoms with E-state index in [0.717, 1.165) is 5.56 Å². The van der Waals surface area contributed by atoms with E-state index in [0.29, 0.717) is 16.9 Å². The highest BCUT2D eigenvalue weighted by atomic mass is 35.5. The number of halogens is 1. The Balaban J connectivity index is 1.57. The van der Waals surface area contributed by atoms with Crippen molar-refractivity contribution in [2.24, 2.45) is 0 Å². The number of esters is 2. The van der Waals surface area contributed by atoms with Crippen LogP contribution in [0.3, 0.4) is 0 Å². The molecule has 3 aromatic carbocycles. The lowest BCUT2D eigenvalue weighted by Crippen LogP contribution is -2.21. The van der Waals surface area contributed by atoms with Crippen LogP contribution in [-0.2, 0) is 9.47 Å². The van der Waals surface area contributed by atoms with Gasteiger partial charge in [0.25, 0.3) is 5.56 Å². The summed E-state index contributed by atoms with van der Waals surface area (Å²) in [5.74, 6) is -1.13. The number of ether oxygens (including phenoxy) is 4. The van der Waals surface area contributed by atoms with Crippen molar-refractivity contribution < 1.29 is 28.5 Å². The van der Waals surface area contributed by atoms with Crippen LogP contribution in [0.15, 0.2) is 83.8 Å². The fourth-order valence-electron chi connectivity index (χ4n) is 4.33. The number of benzene rings is 3. The lowest BCUT2D eigenvalue weighted by molar-refractivity contribution is 0.0549. The molecule has 2 aromatic heterocycles. The predicted molar refractivity (Wildman–Crippen MR) is 158 cm³/mol. The molecule has 0 radical (unpaired) electrons. The van der Waals surface area contributed by atoms with Crippen LogP contribution in [-0.4, -0.2) is 52.8 Å². The standard InChI is InChI=1S/C31H25ClN4O7/c1-18-10-13-21(14-11-18)36-29(37)26(32)24(17-33-36)43-22-15-12-19(16-23(22)40-2)27-25(30(38)41-3)28(31(39)42-4)35(34-27)20-8-6-5-7-9-20/h5-17H,1-4H3. The Morgan fingerprint density at radius 1 is 0.791 bits per heavy atom. The van der Waals surface area contributed by atoms with Gasteiger partial charge in [0.15, 0.2) is 28.0 Å². The normalized spacial score (nSPS) is 10.7. The van der Waals surface area contributed by atoms with Crippen molar-refractivity contribution in [3.8, 4) is 39.9 Å². The Morgan fingerprint density at radius 3 is 2.12 bits per heavy atom. The quantitative estimate of drug-likeness (QED) is 0.215. The van der Waals surface area contributed by atoms with Crippen molar-refractivity contribution in [3.05, 3.63) is 111 Å². The summed E-state index contributed by atoms with van der Waals surface area (Å²) >= 11 is 6.40. The van der Waals surface area contributed by atoms with Gasteiger partial charge in [-0.05, 0) is 49.4 Å². The first kappa shape index (κ1) is 29.1. The van der Waals surface area contributed by atoms with Gasteiger partial charge in [0.2, 0.25) is 0 Å². The van der Waals surface area contributed by atoms with Crippen molar-refractivity contribution in [1.82, 2.24) is 19.6 Å². The molecule has 0 saturated heterocycles. The zero-order valence-corrected chi connectivity index (χ0v) is 24.3. The Morgan fingerprint density at radius 2 is 1.47 bits per heavy atom. The first-order valence-corrected chi connectivity index (χ1v) is 13.2. The minimum Gasteiger partial charge on any atom is -0.493 e. The Kier molecular flexibility index (Phi) is 8.26. The summed E-state index contributed by atoms with van der Waals surface area (Å²) in [6.45, 7) is 1.94. The number of para-hydroxylation sites is 1. The van der Waals surface area contributed by atoms with E-state index in [1.807, 2.05) is 25.1 Å². The highest BCUT2D eigenvalue weighted by Gasteiger charge is 2.31. The van der Waals surface area contributed by atoms with Gasteiger partial charge in [-0.25, -0.2) is 14.3 Å². The van der Waals surface area contributed by atoms with Crippen LogP contribution in [0.25, 0.3) is 22.6 Å². The summed E-state index contributed by atoms with van der Waals surface area (Å²) in [4.78, 5) is 38.8. The molecule has 5 aromatic rings. The van der Waals surface area contributed by atoms with Gasteiger partial charge in [0, 0.05) is 5.56 Å². The third-order valence-corrected chi connectivity index (χ3v) is 6.82. The number of nitrogens with zero attached hydrogens (tertiary/aromatic N) is 4. The molecule has 0 unspecified atom stereocenters. The van der Waals surface area contributed by atoms with E-state index in [9.17, 15) is 14.4 Å². The van der Waals surface area contributed by atoms with Crippen LogP contribution in [0.4, 0.5) is 0 Å². The van der Waals surface area contributed by atoms with Gasteiger partial charge in [0.05, 0.1) is 38.9 Å². The molecule has 5 rings (SSSR count). The maximum atomic E-state index is 13.0. The number of carbonyl (C=O) groups is 2. The summed E-state index contributed by atoms with van der Waals surface area (Å²) in [5, 5.41) is 8.62. The molecule has 43 heavy (non-hydrogen) atoms. The lowest BCUT2D eigenvalue weighted by atomic mass is 10.0. The molecule has 12 heteroatoms. The van der Waals surface area contributed by atoms with Gasteiger partial charge in [-0.3, -0.25) is 4.79 Å². The molecule has 0 aliphatic carbocycles. The number of rotatable bonds is 8. The average molecular weight is 601 g/mol. The molecular weight excluding hydrogens is 576 g/mol. The number of methoxy groups -OCH3 is 3. The van der Waals surface area contributed by atoms with Crippen LogP contribution in [0.5, 0.6) is 17.2 Å². The van der Waals surface area contributed by atoms with Crippen LogP contribution < -0.4 is 15.0 Å². The van der Waals surface area contributed by atoms with Gasteiger partial charge in [-0.1, -0.05) is 47.5 Å². The van der Waals surface area contributed by atoms with Crippen LogP contribution in [0.2, 0.25) is 5.02 Å². The molecule has 0 saturated carbocycles. The molecule has 0 amide bonds. The molecular formula is C31H25ClN4O7. The van der Waals surface area contributed by atoms with Crippen molar-refractivity contribution >= 4 is 23.5 Å². The van der Waals surface area contributed by atoms with Gasteiger partial charge >= 0.3 is 11.9 Å². The van der Waals surface area contributed by atoms with Crippen LogP contribution in [0, 0.1) is 6.92 Å². The van der Waals surface area contributed by atoms with Crippen molar-refractivity contribution in [2.75, 3.05) is 21.3 Å². The number of aryl methyl sites for hydroxylation is 1. The summed E-state index contributed by atoms with van der Waals surface area (Å²) in [5.41, 5.74) is 1.88. The first-order valence-electron chi connectivity index (χ1n) is 12.8. The second kappa shape index (κ2) is 12.2. The summed E-state index contributed by atoms with van der Waals surface area (Å²) < 4.78 is 24.0. The van der Waals surface area contributed by atoms with Crippen LogP contribution in [0.1, 0.15) is 26.4 Å². The fourth-order valence-corrected chi connectivity index (χ4v) is 4.50. The van der Waals surface area contributed by atoms with E-state index in [-0.39, 0.29) is 39.2 Å². The Bertz CT molecular complexity index is 1880. The van der Waals surface area contributed by atoms with E-state index in [2.05, 4.69) is 10.2 Å². The van der Waals surface area contributed by atoms with Crippen molar-refractivity contribution in [1.29, 1.82) is 0 Å². The molecule has 0 spiro atoms. The van der Waals surface area contributed by atoms with Crippen molar-refractivity contribution in [2.45, 2.75) is 6.92 Å². The third kappa shape index (κ3) is 5.57. The van der Waals surface area contributed by atoms with Crippen LogP contribution >= 0.6 is 11.6 Å². The zero-order valence-electron chi connectivity index (χ0n) is 23.5. The summed E-state index contributed by atoms with van der Waals surface area (Å²) in [6.07, 6.45) is 1.33. The zero-order chi connectivity index (χ0) is 30.7. The van der Waals surface area contributed by atoms with E-state index >= 15 is 0 Å². The Labute approximate surface area is 250 Å². The molecule has 0 aliphatic heterocycles. The number of hydrogen-bond acceptors (Lipinski definition) is 9. The number of hydrogen-bond donors (Lipinski definition) is 0. The molecule has 2 heterocycles. The summed E-state index contributed by atoms with van der Waals surface area (Å²) in [7, 11) is 3.83. The van der Waals surface area contributed by atoms with E-state index in [4.69, 9.17) is 30.5 Å². The average Bonchev–Trinajstić information content (AvgIpc) is 3.44. The highest BCUT2D eigenvalue weighted by molar-refractivity contribution is 6.31. The second-order valence-electron chi connectivity index (χ2n) is 9.15. The Hall–Kier alpha value is -5.42. The molecule has 0 bridgehead atoms. The van der Waals surface area contributed by atoms with Gasteiger partial charge < -0.3 is 18.9 Å². The largest absolute Gasteiger partial charge is 0.493 e. The topological polar surface area (TPSA) is 124 Å². The molecule has 0 aliphatic rings. The maximum Gasteiger partial charge on any atom is 0.357 e. The predicted octanol–water partition coefficient (Wildman–Crippen LogP) is 5.42. The van der Waals surface area contributed by atoms with E-state index in [1.54, 1.807) is 54.6 Å². The first-order chi connectivity index (χ1) is 20.8. The number of aromatic nitrogens is 4. The smallest absolute Gasteiger partial charge is 0.357 e. The lowest BCUT2D eigenvalue weighted by Gasteiger charge is -2.13. The number of carbonyl (C=O) groups excluding carboxylic acids is 2. The molecule has 11 nitrogen and oxygen atoms in total. The monoisotopic (exact) mass is 600 g/mol. The van der Waals surface area contributed by atoms with E-state index in [1.165, 1.54) is 36.9 Å². The second-order valence-corrected chi connectivity index (χ2v) is 9.52.